The predicted molar refractivity (Wildman–Crippen MR) is 110 cm³/mol. The molecule has 0 fully saturated rings. The van der Waals surface area contributed by atoms with Gasteiger partial charge in [-0.05, 0) is 22.9 Å². The maximum atomic E-state index is 12.8. The number of hydrogen-bond acceptors (Lipinski definition) is 11. The van der Waals surface area contributed by atoms with E-state index in [9.17, 15) is 16.8 Å². The Morgan fingerprint density at radius 2 is 1.84 bits per heavy atom. The fraction of sp³-hybridized carbons (Fsp3) is 0.125. The van der Waals surface area contributed by atoms with E-state index >= 15 is 0 Å². The molecular weight excluding hydrogens is 448 g/mol. The molecule has 13 nitrogen and oxygen atoms in total. The molecule has 15 heteroatoms. The second-order valence-electron chi connectivity index (χ2n) is 6.41. The summed E-state index contributed by atoms with van der Waals surface area (Å²) in [6.07, 6.45) is 0. The zero-order chi connectivity index (χ0) is 22.4. The average molecular weight is 464 g/mol. The van der Waals surface area contributed by atoms with Crippen LogP contribution in [0.1, 0.15) is 0 Å². The lowest BCUT2D eigenvalue weighted by Crippen LogP contribution is -2.22. The van der Waals surface area contributed by atoms with Gasteiger partial charge in [0.05, 0.1) is 16.2 Å². The summed E-state index contributed by atoms with van der Waals surface area (Å²) in [5.74, 6) is -0.678. The molecule has 2 heterocycles. The summed E-state index contributed by atoms with van der Waals surface area (Å²) in [4.78, 5) is 2.86. The van der Waals surface area contributed by atoms with E-state index in [1.807, 2.05) is 0 Å². The number of H-pyrrole nitrogens is 1. The number of sulfone groups is 1. The van der Waals surface area contributed by atoms with Gasteiger partial charge < -0.3 is 15.9 Å². The van der Waals surface area contributed by atoms with E-state index in [1.54, 1.807) is 18.2 Å². The van der Waals surface area contributed by atoms with Gasteiger partial charge in [-0.25, -0.2) is 22.0 Å². The van der Waals surface area contributed by atoms with Crippen LogP contribution in [0, 0.1) is 0 Å². The molecule has 4 aromatic rings. The molecule has 2 aromatic heterocycles. The lowest BCUT2D eigenvalue weighted by atomic mass is 9.98. The number of nitrogen functional groups attached to an aromatic ring is 1. The predicted octanol–water partition coefficient (Wildman–Crippen LogP) is -0.363. The molecule has 0 bridgehead atoms. The number of benzene rings is 2. The minimum absolute atomic E-state index is 0.0997. The second kappa shape index (κ2) is 7.38. The minimum Gasteiger partial charge on any atom is -0.423 e. The van der Waals surface area contributed by atoms with Crippen LogP contribution in [0.3, 0.4) is 0 Å². The number of aromatic nitrogens is 5. The number of nitrogens with one attached hydrogen (secondary N) is 1. The number of rotatable bonds is 6. The van der Waals surface area contributed by atoms with Crippen molar-refractivity contribution < 1.29 is 21.3 Å². The van der Waals surface area contributed by atoms with Crippen LogP contribution in [-0.4, -0.2) is 54.7 Å². The van der Waals surface area contributed by atoms with Gasteiger partial charge in [-0.1, -0.05) is 18.2 Å². The second-order valence-corrected chi connectivity index (χ2v) is 9.99. The maximum Gasteiger partial charge on any atom is 0.293 e. The third-order valence-corrected chi connectivity index (χ3v) is 7.32. The van der Waals surface area contributed by atoms with E-state index in [0.29, 0.717) is 11.1 Å². The normalized spacial score (nSPS) is 12.5. The molecule has 0 saturated heterocycles. The zero-order valence-electron chi connectivity index (χ0n) is 15.7. The van der Waals surface area contributed by atoms with Crippen molar-refractivity contribution in [1.82, 2.24) is 25.6 Å². The number of oxazole rings is 1. The Hall–Kier alpha value is -3.40. The van der Waals surface area contributed by atoms with Gasteiger partial charge in [0, 0.05) is 12.1 Å². The highest BCUT2D eigenvalue weighted by Crippen LogP contribution is 2.41. The highest BCUT2D eigenvalue weighted by molar-refractivity contribution is 7.93. The first-order chi connectivity index (χ1) is 14.6. The summed E-state index contributed by atoms with van der Waals surface area (Å²) >= 11 is 0. The van der Waals surface area contributed by atoms with Gasteiger partial charge in [0.2, 0.25) is 15.8 Å². The first-order valence-corrected chi connectivity index (χ1v) is 11.8. The maximum absolute atomic E-state index is 12.8. The number of primary sulfonamides is 1. The Kier molecular flexibility index (Phi) is 4.97. The third kappa shape index (κ3) is 3.63. The van der Waals surface area contributed by atoms with Crippen molar-refractivity contribution in [2.45, 2.75) is 9.79 Å². The van der Waals surface area contributed by atoms with Crippen molar-refractivity contribution in [3.05, 3.63) is 30.3 Å². The van der Waals surface area contributed by atoms with Gasteiger partial charge in [-0.2, -0.15) is 10.2 Å². The molecule has 0 saturated carbocycles. The standard InChI is InChI=1S/C16H16N8O5S2/c17-6-7-30(25,26)11-5-4-8(9-2-1-3-10-13(9)29-16(18)20-10)12(14(11)31(19,27)28)15-21-23-24-22-15/h1-5H,6-7,17H2,(H2,18,20)(H2,19,27,28)(H,21,22,23,24). The summed E-state index contributed by atoms with van der Waals surface area (Å²) in [5, 5.41) is 18.8. The molecule has 0 radical (unpaired) electrons. The number of anilines is 1. The number of nitrogens with two attached hydrogens (primary N) is 3. The molecule has 2 aromatic carbocycles. The first-order valence-electron chi connectivity index (χ1n) is 8.65. The zero-order valence-corrected chi connectivity index (χ0v) is 17.3. The average Bonchev–Trinajstić information content (AvgIpc) is 3.34. The molecule has 0 amide bonds. The van der Waals surface area contributed by atoms with Crippen LogP contribution in [-0.2, 0) is 19.9 Å². The number of fused-ring (bicyclic) bond motifs is 1. The monoisotopic (exact) mass is 464 g/mol. The fourth-order valence-electron chi connectivity index (χ4n) is 3.25. The molecule has 0 unspecified atom stereocenters. The largest absolute Gasteiger partial charge is 0.423 e. The highest BCUT2D eigenvalue weighted by Gasteiger charge is 2.32. The minimum atomic E-state index is -4.58. The molecular formula is C16H16N8O5S2. The van der Waals surface area contributed by atoms with Crippen LogP contribution in [0.25, 0.3) is 33.6 Å². The molecule has 0 aliphatic rings. The number of sulfonamides is 1. The van der Waals surface area contributed by atoms with Crippen molar-refractivity contribution >= 4 is 37.0 Å². The summed E-state index contributed by atoms with van der Waals surface area (Å²) in [6.45, 7) is -0.220. The molecule has 0 aliphatic carbocycles. The Morgan fingerprint density at radius 1 is 1.06 bits per heavy atom. The third-order valence-electron chi connectivity index (χ3n) is 4.42. The molecule has 0 aliphatic heterocycles. The Balaban J connectivity index is 2.18. The van der Waals surface area contributed by atoms with Crippen LogP contribution in [0.5, 0.6) is 0 Å². The fourth-order valence-corrected chi connectivity index (χ4v) is 6.00. The first kappa shape index (κ1) is 20.9. The lowest BCUT2D eigenvalue weighted by molar-refractivity contribution is 0.583. The molecule has 31 heavy (non-hydrogen) atoms. The summed E-state index contributed by atoms with van der Waals surface area (Å²) in [7, 11) is -8.68. The Morgan fingerprint density at radius 3 is 2.48 bits per heavy atom. The number of hydrogen-bond donors (Lipinski definition) is 4. The number of para-hydroxylation sites is 1. The quantitative estimate of drug-likeness (QED) is 0.288. The van der Waals surface area contributed by atoms with Crippen LogP contribution in [0.4, 0.5) is 6.01 Å². The van der Waals surface area contributed by atoms with Crippen LogP contribution in [0.15, 0.2) is 44.5 Å². The summed E-state index contributed by atoms with van der Waals surface area (Å²) < 4.78 is 56.2. The number of nitrogens with zero attached hydrogens (tertiary/aromatic N) is 4. The molecule has 162 valence electrons. The van der Waals surface area contributed by atoms with Crippen molar-refractivity contribution in [2.24, 2.45) is 10.9 Å². The van der Waals surface area contributed by atoms with Gasteiger partial charge in [-0.3, -0.25) is 0 Å². The summed E-state index contributed by atoms with van der Waals surface area (Å²) in [6, 6.07) is 7.35. The molecule has 4 rings (SSSR count). The molecule has 0 atom stereocenters. The SMILES string of the molecule is NCCS(=O)(=O)c1ccc(-c2cccc3nc(N)oc23)c(-c2nn[nH]n2)c1S(N)(=O)=O. The molecule has 7 N–H and O–H groups in total. The van der Waals surface area contributed by atoms with E-state index in [4.69, 9.17) is 21.0 Å². The Labute approximate surface area is 175 Å². The van der Waals surface area contributed by atoms with Crippen LogP contribution in [0.2, 0.25) is 0 Å². The molecule has 0 spiro atoms. The smallest absolute Gasteiger partial charge is 0.293 e. The van der Waals surface area contributed by atoms with E-state index in [-0.39, 0.29) is 35.1 Å². The highest BCUT2D eigenvalue weighted by atomic mass is 32.2. The van der Waals surface area contributed by atoms with Crippen LogP contribution < -0.4 is 16.6 Å². The van der Waals surface area contributed by atoms with E-state index < -0.39 is 35.4 Å². The van der Waals surface area contributed by atoms with Crippen molar-refractivity contribution in [3.63, 3.8) is 0 Å². The van der Waals surface area contributed by atoms with Gasteiger partial charge in [0.25, 0.3) is 6.01 Å². The number of aromatic amines is 1. The lowest BCUT2D eigenvalue weighted by Gasteiger charge is -2.16. The van der Waals surface area contributed by atoms with Gasteiger partial charge >= 0.3 is 0 Å². The van der Waals surface area contributed by atoms with E-state index in [2.05, 4.69) is 25.6 Å². The van der Waals surface area contributed by atoms with Gasteiger partial charge in [0.15, 0.2) is 15.4 Å². The van der Waals surface area contributed by atoms with Crippen molar-refractivity contribution in [1.29, 1.82) is 0 Å². The Bertz CT molecular complexity index is 1490. The van der Waals surface area contributed by atoms with Gasteiger partial charge in [-0.15, -0.1) is 10.2 Å². The van der Waals surface area contributed by atoms with E-state index in [0.717, 1.165) is 6.07 Å². The van der Waals surface area contributed by atoms with Crippen molar-refractivity contribution in [2.75, 3.05) is 18.0 Å². The van der Waals surface area contributed by atoms with Crippen molar-refractivity contribution in [3.8, 4) is 22.5 Å². The van der Waals surface area contributed by atoms with E-state index in [1.165, 1.54) is 6.07 Å². The van der Waals surface area contributed by atoms with Crippen LogP contribution >= 0.6 is 0 Å². The summed E-state index contributed by atoms with van der Waals surface area (Å²) in [5.41, 5.74) is 12.1. The number of tetrazole rings is 1. The topological polar surface area (TPSA) is 227 Å². The van der Waals surface area contributed by atoms with Gasteiger partial charge in [0.1, 0.15) is 10.4 Å².